The normalized spacial score (nSPS) is 28.8. The molecule has 3 rings (SSSR count). The van der Waals surface area contributed by atoms with Gasteiger partial charge in [0.25, 0.3) is 10.2 Å². The third-order valence-electron chi connectivity index (χ3n) is 5.42. The second-order valence-corrected chi connectivity index (χ2v) is 9.08. The number of hydrogen-bond donors (Lipinski definition) is 1. The summed E-state index contributed by atoms with van der Waals surface area (Å²) in [5, 5.41) is 3.13. The van der Waals surface area contributed by atoms with Gasteiger partial charge in [0.15, 0.2) is 0 Å². The monoisotopic (exact) mass is 343 g/mol. The molecule has 3 fully saturated rings. The number of rotatable bonds is 4. The van der Waals surface area contributed by atoms with E-state index in [4.69, 9.17) is 0 Å². The van der Waals surface area contributed by atoms with Crippen molar-refractivity contribution >= 4 is 16.1 Å². The van der Waals surface area contributed by atoms with Gasteiger partial charge in [-0.2, -0.15) is 17.0 Å². The zero-order chi connectivity index (χ0) is 16.3. The first kappa shape index (κ1) is 17.2. The molecule has 0 aromatic heterocycles. The molecule has 2 aliphatic heterocycles. The summed E-state index contributed by atoms with van der Waals surface area (Å²) in [6.07, 6.45) is 9.06. The molecule has 132 valence electrons. The van der Waals surface area contributed by atoms with Gasteiger partial charge in [-0.3, -0.25) is 4.79 Å². The van der Waals surface area contributed by atoms with Crippen molar-refractivity contribution < 1.29 is 13.2 Å². The molecule has 1 aliphatic carbocycles. The lowest BCUT2D eigenvalue weighted by atomic mass is 9.98. The molecule has 0 spiro atoms. The largest absolute Gasteiger partial charge is 0.353 e. The first-order chi connectivity index (χ1) is 11.1. The standard InChI is InChI=1S/C16H29N3O3S/c20-16(17-15-8-2-3-9-15)14-7-6-12-19(13-14)23(21,22)18-10-4-1-5-11-18/h14-15H,1-13H2,(H,17,20)/t14-/m1/s1. The Morgan fingerprint density at radius 2 is 1.48 bits per heavy atom. The number of piperidine rings is 2. The summed E-state index contributed by atoms with van der Waals surface area (Å²) in [6, 6.07) is 0.302. The molecule has 1 amide bonds. The minimum absolute atomic E-state index is 0.0513. The van der Waals surface area contributed by atoms with Crippen molar-refractivity contribution in [2.75, 3.05) is 26.2 Å². The summed E-state index contributed by atoms with van der Waals surface area (Å²) in [5.41, 5.74) is 0. The molecule has 0 radical (unpaired) electrons. The fourth-order valence-corrected chi connectivity index (χ4v) is 5.79. The van der Waals surface area contributed by atoms with Gasteiger partial charge >= 0.3 is 0 Å². The minimum atomic E-state index is -3.39. The molecular formula is C16H29N3O3S. The van der Waals surface area contributed by atoms with Gasteiger partial charge in [0.05, 0.1) is 5.92 Å². The first-order valence-corrected chi connectivity index (χ1v) is 10.5. The van der Waals surface area contributed by atoms with E-state index in [1.165, 1.54) is 12.8 Å². The van der Waals surface area contributed by atoms with Gasteiger partial charge in [0.1, 0.15) is 0 Å². The summed E-state index contributed by atoms with van der Waals surface area (Å²) in [4.78, 5) is 12.5. The van der Waals surface area contributed by atoms with Crippen molar-refractivity contribution in [1.82, 2.24) is 13.9 Å². The molecule has 0 unspecified atom stereocenters. The predicted molar refractivity (Wildman–Crippen MR) is 89.0 cm³/mol. The van der Waals surface area contributed by atoms with Crippen molar-refractivity contribution in [3.8, 4) is 0 Å². The van der Waals surface area contributed by atoms with E-state index in [9.17, 15) is 13.2 Å². The van der Waals surface area contributed by atoms with E-state index >= 15 is 0 Å². The number of carbonyl (C=O) groups is 1. The Kier molecular flexibility index (Phi) is 5.59. The van der Waals surface area contributed by atoms with Crippen LogP contribution in [-0.2, 0) is 15.0 Å². The van der Waals surface area contributed by atoms with Crippen LogP contribution in [0.15, 0.2) is 0 Å². The number of nitrogens with zero attached hydrogens (tertiary/aromatic N) is 2. The maximum Gasteiger partial charge on any atom is 0.281 e. The molecule has 23 heavy (non-hydrogen) atoms. The van der Waals surface area contributed by atoms with Gasteiger partial charge in [0.2, 0.25) is 5.91 Å². The highest BCUT2D eigenvalue weighted by Crippen LogP contribution is 2.24. The van der Waals surface area contributed by atoms with Gasteiger partial charge in [-0.1, -0.05) is 19.3 Å². The first-order valence-electron chi connectivity index (χ1n) is 9.13. The SMILES string of the molecule is O=C(NC1CCCC1)[C@@H]1CCCN(S(=O)(=O)N2CCCCC2)C1. The smallest absolute Gasteiger partial charge is 0.281 e. The second-order valence-electron chi connectivity index (χ2n) is 7.15. The summed E-state index contributed by atoms with van der Waals surface area (Å²) < 4.78 is 28.7. The predicted octanol–water partition coefficient (Wildman–Crippen LogP) is 1.49. The molecule has 2 saturated heterocycles. The number of hydrogen-bond acceptors (Lipinski definition) is 3. The van der Waals surface area contributed by atoms with Crippen LogP contribution in [0, 0.1) is 5.92 Å². The van der Waals surface area contributed by atoms with E-state index in [0.29, 0.717) is 32.2 Å². The molecule has 1 atom stereocenters. The van der Waals surface area contributed by atoms with Crippen molar-refractivity contribution in [2.45, 2.75) is 63.8 Å². The Morgan fingerprint density at radius 3 is 2.17 bits per heavy atom. The lowest BCUT2D eigenvalue weighted by Crippen LogP contribution is -2.52. The van der Waals surface area contributed by atoms with Crippen LogP contribution in [0.4, 0.5) is 0 Å². The van der Waals surface area contributed by atoms with Crippen molar-refractivity contribution in [3.63, 3.8) is 0 Å². The molecule has 6 nitrogen and oxygen atoms in total. The molecule has 2 heterocycles. The topological polar surface area (TPSA) is 69.7 Å². The summed E-state index contributed by atoms with van der Waals surface area (Å²) in [7, 11) is -3.39. The van der Waals surface area contributed by atoms with E-state index in [0.717, 1.165) is 44.9 Å². The summed E-state index contributed by atoms with van der Waals surface area (Å²) in [5.74, 6) is -0.139. The molecule has 3 aliphatic rings. The number of nitrogens with one attached hydrogen (secondary N) is 1. The Hall–Kier alpha value is -0.660. The average Bonchev–Trinajstić information content (AvgIpc) is 3.09. The lowest BCUT2D eigenvalue weighted by Gasteiger charge is -2.36. The van der Waals surface area contributed by atoms with Gasteiger partial charge in [-0.05, 0) is 38.5 Å². The van der Waals surface area contributed by atoms with Crippen LogP contribution in [0.3, 0.4) is 0 Å². The maximum absolute atomic E-state index is 12.8. The molecule has 0 aromatic rings. The molecular weight excluding hydrogens is 314 g/mol. The van der Waals surface area contributed by atoms with Crippen molar-refractivity contribution in [1.29, 1.82) is 0 Å². The van der Waals surface area contributed by atoms with Gasteiger partial charge < -0.3 is 5.32 Å². The van der Waals surface area contributed by atoms with Gasteiger partial charge in [-0.15, -0.1) is 0 Å². The van der Waals surface area contributed by atoms with Crippen LogP contribution >= 0.6 is 0 Å². The van der Waals surface area contributed by atoms with Crippen LogP contribution in [0.5, 0.6) is 0 Å². The number of carbonyl (C=O) groups excluding carboxylic acids is 1. The Balaban J connectivity index is 1.59. The Bertz CT molecular complexity index is 511. The third-order valence-corrected chi connectivity index (χ3v) is 7.43. The van der Waals surface area contributed by atoms with Crippen LogP contribution < -0.4 is 5.32 Å². The quantitative estimate of drug-likeness (QED) is 0.841. The van der Waals surface area contributed by atoms with E-state index in [-0.39, 0.29) is 11.8 Å². The van der Waals surface area contributed by atoms with Crippen molar-refractivity contribution in [3.05, 3.63) is 0 Å². The molecule has 0 aromatic carbocycles. The fourth-order valence-electron chi connectivity index (χ4n) is 4.01. The highest BCUT2D eigenvalue weighted by atomic mass is 32.2. The third kappa shape index (κ3) is 4.06. The van der Waals surface area contributed by atoms with Crippen LogP contribution in [0.2, 0.25) is 0 Å². The average molecular weight is 343 g/mol. The molecule has 0 bridgehead atoms. The fraction of sp³-hybridized carbons (Fsp3) is 0.938. The lowest BCUT2D eigenvalue weighted by molar-refractivity contribution is -0.126. The second kappa shape index (κ2) is 7.49. The van der Waals surface area contributed by atoms with E-state index in [1.807, 2.05) is 0 Å². The maximum atomic E-state index is 12.8. The highest BCUT2D eigenvalue weighted by Gasteiger charge is 2.36. The Morgan fingerprint density at radius 1 is 0.826 bits per heavy atom. The van der Waals surface area contributed by atoms with Crippen LogP contribution in [-0.4, -0.2) is 55.2 Å². The minimum Gasteiger partial charge on any atom is -0.353 e. The number of amides is 1. The zero-order valence-corrected chi connectivity index (χ0v) is 14.7. The van der Waals surface area contributed by atoms with Crippen LogP contribution in [0.1, 0.15) is 57.8 Å². The molecule has 1 saturated carbocycles. The van der Waals surface area contributed by atoms with Crippen molar-refractivity contribution in [2.24, 2.45) is 5.92 Å². The molecule has 1 N–H and O–H groups in total. The molecule has 7 heteroatoms. The van der Waals surface area contributed by atoms with E-state index in [1.54, 1.807) is 8.61 Å². The van der Waals surface area contributed by atoms with E-state index < -0.39 is 10.2 Å². The summed E-state index contributed by atoms with van der Waals surface area (Å²) in [6.45, 7) is 2.14. The Labute approximate surface area is 139 Å². The highest BCUT2D eigenvalue weighted by molar-refractivity contribution is 7.86. The van der Waals surface area contributed by atoms with Gasteiger partial charge in [0, 0.05) is 32.2 Å². The zero-order valence-electron chi connectivity index (χ0n) is 13.9. The van der Waals surface area contributed by atoms with Crippen LogP contribution in [0.25, 0.3) is 0 Å². The van der Waals surface area contributed by atoms with Gasteiger partial charge in [-0.25, -0.2) is 0 Å². The summed E-state index contributed by atoms with van der Waals surface area (Å²) >= 11 is 0. The van der Waals surface area contributed by atoms with E-state index in [2.05, 4.69) is 5.32 Å².